The maximum atomic E-state index is 10.9. The molecule has 0 aliphatic heterocycles. The Balaban J connectivity index is 2.14. The normalized spacial score (nSPS) is 10.5. The Morgan fingerprint density at radius 3 is 2.79 bits per heavy atom. The van der Waals surface area contributed by atoms with Crippen LogP contribution in [0.15, 0.2) is 22.7 Å². The summed E-state index contributed by atoms with van der Waals surface area (Å²) in [6.45, 7) is 4.30. The number of carboxylic acids is 1. The average molecular weight is 342 g/mol. The van der Waals surface area contributed by atoms with Crippen LogP contribution in [0.3, 0.4) is 0 Å². The van der Waals surface area contributed by atoms with Crippen molar-refractivity contribution in [3.63, 3.8) is 0 Å². The Hall–Kier alpha value is -1.40. The fourth-order valence-electron chi connectivity index (χ4n) is 1.49. The molecule has 19 heavy (non-hydrogen) atoms. The smallest absolute Gasteiger partial charge is 0.335 e. The summed E-state index contributed by atoms with van der Waals surface area (Å²) in [5.41, 5.74) is 1.20. The van der Waals surface area contributed by atoms with Crippen molar-refractivity contribution in [2.75, 3.05) is 0 Å². The third-order valence-electron chi connectivity index (χ3n) is 2.60. The largest absolute Gasteiger partial charge is 0.485 e. The molecule has 0 spiro atoms. The van der Waals surface area contributed by atoms with Crippen molar-refractivity contribution in [2.45, 2.75) is 20.5 Å². The highest BCUT2D eigenvalue weighted by Gasteiger charge is 2.10. The van der Waals surface area contributed by atoms with Crippen molar-refractivity contribution >= 4 is 33.2 Å². The minimum absolute atomic E-state index is 0.199. The number of aryl methyl sites for hydroxylation is 2. The van der Waals surface area contributed by atoms with E-state index in [1.54, 1.807) is 17.4 Å². The summed E-state index contributed by atoms with van der Waals surface area (Å²) in [6, 6.07) is 4.69. The molecular formula is C13H12BrNO3S. The Morgan fingerprint density at radius 2 is 2.21 bits per heavy atom. The second kappa shape index (κ2) is 5.71. The second-order valence-corrected chi connectivity index (χ2v) is 6.13. The molecule has 1 aromatic heterocycles. The van der Waals surface area contributed by atoms with Crippen LogP contribution in [0.4, 0.5) is 0 Å². The number of halogens is 1. The van der Waals surface area contributed by atoms with Gasteiger partial charge in [-0.05, 0) is 48.0 Å². The van der Waals surface area contributed by atoms with E-state index in [9.17, 15) is 4.79 Å². The number of thiazole rings is 1. The lowest BCUT2D eigenvalue weighted by atomic mass is 10.2. The molecule has 1 aromatic carbocycles. The molecule has 0 atom stereocenters. The maximum Gasteiger partial charge on any atom is 0.335 e. The van der Waals surface area contributed by atoms with Gasteiger partial charge >= 0.3 is 5.97 Å². The highest BCUT2D eigenvalue weighted by molar-refractivity contribution is 9.10. The molecule has 0 amide bonds. The van der Waals surface area contributed by atoms with Gasteiger partial charge in [0, 0.05) is 4.88 Å². The van der Waals surface area contributed by atoms with E-state index in [0.717, 1.165) is 20.1 Å². The predicted octanol–water partition coefficient (Wildman–Crippen LogP) is 3.80. The van der Waals surface area contributed by atoms with E-state index in [4.69, 9.17) is 9.84 Å². The van der Waals surface area contributed by atoms with Crippen LogP contribution >= 0.6 is 27.3 Å². The molecule has 100 valence electrons. The van der Waals surface area contributed by atoms with Crippen molar-refractivity contribution in [1.29, 1.82) is 0 Å². The van der Waals surface area contributed by atoms with Crippen LogP contribution in [0.5, 0.6) is 5.75 Å². The number of aromatic nitrogens is 1. The van der Waals surface area contributed by atoms with Crippen molar-refractivity contribution in [3.05, 3.63) is 43.8 Å². The van der Waals surface area contributed by atoms with Crippen LogP contribution < -0.4 is 4.74 Å². The van der Waals surface area contributed by atoms with E-state index in [-0.39, 0.29) is 5.56 Å². The summed E-state index contributed by atoms with van der Waals surface area (Å²) in [5.74, 6) is -0.469. The van der Waals surface area contributed by atoms with Gasteiger partial charge in [-0.2, -0.15) is 0 Å². The standard InChI is InChI=1S/C13H12BrNO3S/c1-7-8(2)19-12(15-7)6-18-11-5-9(13(16)17)3-4-10(11)14/h3-5H,6H2,1-2H3,(H,16,17). The lowest BCUT2D eigenvalue weighted by Gasteiger charge is -2.07. The Bertz CT molecular complexity index is 605. The van der Waals surface area contributed by atoms with Gasteiger partial charge in [-0.15, -0.1) is 11.3 Å². The van der Waals surface area contributed by atoms with Gasteiger partial charge in [-0.3, -0.25) is 0 Å². The van der Waals surface area contributed by atoms with E-state index >= 15 is 0 Å². The molecule has 0 aliphatic carbocycles. The molecular weight excluding hydrogens is 330 g/mol. The van der Waals surface area contributed by atoms with Crippen LogP contribution in [-0.2, 0) is 6.61 Å². The minimum atomic E-state index is -0.974. The number of carbonyl (C=O) groups is 1. The van der Waals surface area contributed by atoms with Crippen molar-refractivity contribution < 1.29 is 14.6 Å². The molecule has 2 rings (SSSR count). The Morgan fingerprint density at radius 1 is 1.47 bits per heavy atom. The van der Waals surface area contributed by atoms with Crippen molar-refractivity contribution in [1.82, 2.24) is 4.98 Å². The van der Waals surface area contributed by atoms with Crippen LogP contribution in [0.1, 0.15) is 25.9 Å². The number of carboxylic acid groups (broad SMARTS) is 1. The van der Waals surface area contributed by atoms with Crippen LogP contribution in [0, 0.1) is 13.8 Å². The number of ether oxygens (including phenoxy) is 1. The summed E-state index contributed by atoms with van der Waals surface area (Å²) < 4.78 is 6.34. The van der Waals surface area contributed by atoms with Gasteiger partial charge < -0.3 is 9.84 Å². The highest BCUT2D eigenvalue weighted by Crippen LogP contribution is 2.27. The number of rotatable bonds is 4. The van der Waals surface area contributed by atoms with Gasteiger partial charge in [-0.1, -0.05) is 0 Å². The predicted molar refractivity (Wildman–Crippen MR) is 77.0 cm³/mol. The molecule has 0 fully saturated rings. The number of hydrogen-bond acceptors (Lipinski definition) is 4. The van der Waals surface area contributed by atoms with Crippen molar-refractivity contribution in [3.8, 4) is 5.75 Å². The summed E-state index contributed by atoms with van der Waals surface area (Å²) in [6.07, 6.45) is 0. The van der Waals surface area contributed by atoms with E-state index < -0.39 is 5.97 Å². The van der Waals surface area contributed by atoms with Gasteiger partial charge in [0.05, 0.1) is 15.7 Å². The zero-order valence-corrected chi connectivity index (χ0v) is 12.8. The molecule has 4 nitrogen and oxygen atoms in total. The second-order valence-electron chi connectivity index (χ2n) is 3.99. The first-order valence-electron chi connectivity index (χ1n) is 5.56. The third-order valence-corrected chi connectivity index (χ3v) is 4.30. The van der Waals surface area contributed by atoms with Gasteiger partial charge in [0.1, 0.15) is 17.4 Å². The molecule has 0 saturated heterocycles. The molecule has 0 aliphatic rings. The zero-order chi connectivity index (χ0) is 14.0. The summed E-state index contributed by atoms with van der Waals surface area (Å²) in [5, 5.41) is 9.82. The van der Waals surface area contributed by atoms with Gasteiger partial charge in [-0.25, -0.2) is 9.78 Å². The monoisotopic (exact) mass is 341 g/mol. The number of hydrogen-bond donors (Lipinski definition) is 1. The molecule has 2 aromatic rings. The molecule has 0 saturated carbocycles. The zero-order valence-electron chi connectivity index (χ0n) is 10.4. The third kappa shape index (κ3) is 3.33. The number of benzene rings is 1. The number of nitrogens with zero attached hydrogens (tertiary/aromatic N) is 1. The molecule has 1 N–H and O–H groups in total. The van der Waals surface area contributed by atoms with E-state index in [0.29, 0.717) is 12.4 Å². The Kier molecular flexibility index (Phi) is 4.21. The number of aromatic carboxylic acids is 1. The van der Waals surface area contributed by atoms with E-state index in [2.05, 4.69) is 20.9 Å². The first-order chi connectivity index (χ1) is 8.97. The van der Waals surface area contributed by atoms with Crippen LogP contribution in [0.25, 0.3) is 0 Å². The fraction of sp³-hybridized carbons (Fsp3) is 0.231. The maximum absolute atomic E-state index is 10.9. The first kappa shape index (κ1) is 14.0. The van der Waals surface area contributed by atoms with Gasteiger partial charge in [0.25, 0.3) is 0 Å². The molecule has 1 heterocycles. The van der Waals surface area contributed by atoms with Crippen LogP contribution in [0.2, 0.25) is 0 Å². The van der Waals surface area contributed by atoms with Crippen molar-refractivity contribution in [2.24, 2.45) is 0 Å². The van der Waals surface area contributed by atoms with E-state index in [1.807, 2.05) is 13.8 Å². The summed E-state index contributed by atoms with van der Waals surface area (Å²) >= 11 is 4.92. The first-order valence-corrected chi connectivity index (χ1v) is 7.17. The van der Waals surface area contributed by atoms with E-state index in [1.165, 1.54) is 12.1 Å². The van der Waals surface area contributed by atoms with Gasteiger partial charge in [0.2, 0.25) is 0 Å². The molecule has 0 radical (unpaired) electrons. The molecule has 6 heteroatoms. The average Bonchev–Trinajstić information content (AvgIpc) is 2.67. The fourth-order valence-corrected chi connectivity index (χ4v) is 2.70. The topological polar surface area (TPSA) is 59.4 Å². The van der Waals surface area contributed by atoms with Crippen LogP contribution in [-0.4, -0.2) is 16.1 Å². The molecule has 0 bridgehead atoms. The summed E-state index contributed by atoms with van der Waals surface area (Å²) in [7, 11) is 0. The molecule has 0 unspecified atom stereocenters. The summed E-state index contributed by atoms with van der Waals surface area (Å²) in [4.78, 5) is 16.4. The lowest BCUT2D eigenvalue weighted by molar-refractivity contribution is 0.0696. The lowest BCUT2D eigenvalue weighted by Crippen LogP contribution is -2.00. The SMILES string of the molecule is Cc1nc(COc2cc(C(=O)O)ccc2Br)sc1C. The minimum Gasteiger partial charge on any atom is -0.485 e. The Labute approximate surface area is 123 Å². The highest BCUT2D eigenvalue weighted by atomic mass is 79.9. The quantitative estimate of drug-likeness (QED) is 0.918. The van der Waals surface area contributed by atoms with Gasteiger partial charge in [0.15, 0.2) is 0 Å².